The molecule has 0 bridgehead atoms. The number of carbonyl (C=O) groups excluding carboxylic acids is 1. The normalized spacial score (nSPS) is 17.1. The van der Waals surface area contributed by atoms with Crippen molar-refractivity contribution in [3.63, 3.8) is 0 Å². The van der Waals surface area contributed by atoms with Crippen LogP contribution < -0.4 is 16.2 Å². The summed E-state index contributed by atoms with van der Waals surface area (Å²) in [4.78, 5) is 20.7. The first-order valence-electron chi connectivity index (χ1n) is 6.92. The van der Waals surface area contributed by atoms with E-state index >= 15 is 0 Å². The highest BCUT2D eigenvalue weighted by Crippen LogP contribution is 2.19. The lowest BCUT2D eigenvalue weighted by atomic mass is 9.91. The Kier molecular flexibility index (Phi) is 4.57. The molecule has 0 spiro atoms. The van der Waals surface area contributed by atoms with Crippen LogP contribution in [-0.2, 0) is 4.79 Å². The van der Waals surface area contributed by atoms with Crippen molar-refractivity contribution in [1.29, 1.82) is 0 Å². The van der Waals surface area contributed by atoms with Gasteiger partial charge in [0.25, 0.3) is 0 Å². The van der Waals surface area contributed by atoms with Gasteiger partial charge in [-0.15, -0.1) is 0 Å². The number of hydrogen-bond donors (Lipinski definition) is 2. The number of hydrazine groups is 1. The first-order valence-corrected chi connectivity index (χ1v) is 6.92. The Morgan fingerprint density at radius 2 is 2.05 bits per heavy atom. The largest absolute Gasteiger partial charge is 0.354 e. The highest BCUT2D eigenvalue weighted by Gasteiger charge is 2.31. The lowest BCUT2D eigenvalue weighted by Crippen LogP contribution is -2.53. The zero-order valence-corrected chi connectivity index (χ0v) is 12.2. The predicted molar refractivity (Wildman–Crippen MR) is 79.0 cm³/mol. The number of nitrogens with zero attached hydrogens (tertiary/aromatic N) is 3. The summed E-state index contributed by atoms with van der Waals surface area (Å²) in [6, 6.07) is 5.96. The monoisotopic (exact) mass is 277 g/mol. The smallest absolute Gasteiger partial charge is 0.240 e. The second kappa shape index (κ2) is 6.19. The van der Waals surface area contributed by atoms with Crippen molar-refractivity contribution in [1.82, 2.24) is 15.3 Å². The van der Waals surface area contributed by atoms with Gasteiger partial charge in [0, 0.05) is 38.9 Å². The van der Waals surface area contributed by atoms with Gasteiger partial charge in [-0.3, -0.25) is 15.1 Å². The van der Waals surface area contributed by atoms with Crippen molar-refractivity contribution in [3.8, 4) is 0 Å². The average molecular weight is 277 g/mol. The van der Waals surface area contributed by atoms with Gasteiger partial charge in [-0.2, -0.15) is 0 Å². The molecule has 3 N–H and O–H groups in total. The summed E-state index contributed by atoms with van der Waals surface area (Å²) in [6.07, 6.45) is 1.82. The third-order valence-electron chi connectivity index (χ3n) is 3.71. The molecule has 2 rings (SSSR count). The van der Waals surface area contributed by atoms with Gasteiger partial charge in [-0.1, -0.05) is 6.07 Å². The minimum Gasteiger partial charge on any atom is -0.354 e. The van der Waals surface area contributed by atoms with Crippen LogP contribution in [0.15, 0.2) is 24.4 Å². The zero-order valence-electron chi connectivity index (χ0n) is 12.2. The highest BCUT2D eigenvalue weighted by molar-refractivity contribution is 5.81. The molecular formula is C14H23N5O. The Morgan fingerprint density at radius 1 is 1.35 bits per heavy atom. The maximum absolute atomic E-state index is 11.7. The fourth-order valence-corrected chi connectivity index (χ4v) is 2.50. The number of nitrogens with one attached hydrogen (secondary N) is 1. The van der Waals surface area contributed by atoms with E-state index in [1.807, 2.05) is 38.2 Å². The van der Waals surface area contributed by atoms with Crippen LogP contribution in [0.4, 0.5) is 5.82 Å². The second-order valence-corrected chi connectivity index (χ2v) is 5.81. The molecule has 6 heteroatoms. The van der Waals surface area contributed by atoms with Gasteiger partial charge in [0.1, 0.15) is 5.82 Å². The molecule has 1 saturated heterocycles. The quantitative estimate of drug-likeness (QED) is 0.468. The molecule has 110 valence electrons. The topological polar surface area (TPSA) is 74.5 Å². The van der Waals surface area contributed by atoms with Gasteiger partial charge in [-0.25, -0.2) is 10.8 Å². The van der Waals surface area contributed by atoms with E-state index < -0.39 is 5.41 Å². The van der Waals surface area contributed by atoms with Gasteiger partial charge in [-0.05, 0) is 26.0 Å². The Labute approximate surface area is 119 Å². The molecule has 0 aliphatic carbocycles. The molecule has 1 aromatic rings. The SMILES string of the molecule is CC(C)(CN1CCN(c2ccccn2)CC1)C(=O)NN. The van der Waals surface area contributed by atoms with Crippen molar-refractivity contribution < 1.29 is 4.79 Å². The number of amides is 1. The number of nitrogens with two attached hydrogens (primary N) is 1. The molecule has 1 fully saturated rings. The van der Waals surface area contributed by atoms with Crippen molar-refractivity contribution in [2.45, 2.75) is 13.8 Å². The van der Waals surface area contributed by atoms with Crippen LogP contribution in [-0.4, -0.2) is 48.5 Å². The number of rotatable bonds is 4. The van der Waals surface area contributed by atoms with Crippen molar-refractivity contribution in [2.24, 2.45) is 11.3 Å². The average Bonchev–Trinajstić information content (AvgIpc) is 2.47. The van der Waals surface area contributed by atoms with Crippen LogP contribution in [0.2, 0.25) is 0 Å². The minimum atomic E-state index is -0.470. The van der Waals surface area contributed by atoms with Gasteiger partial charge < -0.3 is 4.90 Å². The number of pyridine rings is 1. The molecule has 0 radical (unpaired) electrons. The number of anilines is 1. The van der Waals surface area contributed by atoms with E-state index in [2.05, 4.69) is 20.2 Å². The lowest BCUT2D eigenvalue weighted by molar-refractivity contribution is -0.130. The van der Waals surface area contributed by atoms with Crippen molar-refractivity contribution >= 4 is 11.7 Å². The Morgan fingerprint density at radius 3 is 2.60 bits per heavy atom. The fraction of sp³-hybridized carbons (Fsp3) is 0.571. The van der Waals surface area contributed by atoms with Gasteiger partial charge in [0.05, 0.1) is 5.41 Å². The highest BCUT2D eigenvalue weighted by atomic mass is 16.2. The number of carbonyl (C=O) groups is 1. The summed E-state index contributed by atoms with van der Waals surface area (Å²) in [5.74, 6) is 6.13. The van der Waals surface area contributed by atoms with E-state index in [1.165, 1.54) is 0 Å². The van der Waals surface area contributed by atoms with Crippen LogP contribution >= 0.6 is 0 Å². The van der Waals surface area contributed by atoms with Crippen LogP contribution in [0.25, 0.3) is 0 Å². The number of hydrogen-bond acceptors (Lipinski definition) is 5. The van der Waals surface area contributed by atoms with Crippen molar-refractivity contribution in [2.75, 3.05) is 37.6 Å². The van der Waals surface area contributed by atoms with Crippen LogP contribution in [0.1, 0.15) is 13.8 Å². The van der Waals surface area contributed by atoms with E-state index in [0.717, 1.165) is 32.0 Å². The Hall–Kier alpha value is -1.66. The summed E-state index contributed by atoms with van der Waals surface area (Å²) in [5.41, 5.74) is 1.77. The molecule has 2 heterocycles. The Bertz CT molecular complexity index is 440. The molecule has 0 unspecified atom stereocenters. The molecule has 0 aromatic carbocycles. The van der Waals surface area contributed by atoms with E-state index in [0.29, 0.717) is 6.54 Å². The molecular weight excluding hydrogens is 254 g/mol. The molecule has 6 nitrogen and oxygen atoms in total. The van der Waals surface area contributed by atoms with Gasteiger partial charge in [0.15, 0.2) is 0 Å². The maximum Gasteiger partial charge on any atom is 0.240 e. The molecule has 20 heavy (non-hydrogen) atoms. The summed E-state index contributed by atoms with van der Waals surface area (Å²) in [7, 11) is 0. The van der Waals surface area contributed by atoms with Crippen LogP contribution in [0, 0.1) is 5.41 Å². The van der Waals surface area contributed by atoms with E-state index in [-0.39, 0.29) is 5.91 Å². The molecule has 1 amide bonds. The maximum atomic E-state index is 11.7. The summed E-state index contributed by atoms with van der Waals surface area (Å²) in [5, 5.41) is 0. The molecule has 1 aliphatic heterocycles. The molecule has 1 aromatic heterocycles. The van der Waals surface area contributed by atoms with Crippen LogP contribution in [0.3, 0.4) is 0 Å². The third-order valence-corrected chi connectivity index (χ3v) is 3.71. The van der Waals surface area contributed by atoms with E-state index in [9.17, 15) is 4.79 Å². The summed E-state index contributed by atoms with van der Waals surface area (Å²) in [6.45, 7) is 8.26. The lowest BCUT2D eigenvalue weighted by Gasteiger charge is -2.38. The predicted octanol–water partition coefficient (Wildman–Crippen LogP) is 0.220. The first kappa shape index (κ1) is 14.7. The summed E-state index contributed by atoms with van der Waals surface area (Å²) >= 11 is 0. The first-order chi connectivity index (χ1) is 9.53. The zero-order chi connectivity index (χ0) is 14.6. The van der Waals surface area contributed by atoms with E-state index in [1.54, 1.807) is 0 Å². The fourth-order valence-electron chi connectivity index (χ4n) is 2.50. The second-order valence-electron chi connectivity index (χ2n) is 5.81. The van der Waals surface area contributed by atoms with Gasteiger partial charge >= 0.3 is 0 Å². The number of aromatic nitrogens is 1. The summed E-state index contributed by atoms with van der Waals surface area (Å²) < 4.78 is 0. The third kappa shape index (κ3) is 3.46. The van der Waals surface area contributed by atoms with E-state index in [4.69, 9.17) is 5.84 Å². The van der Waals surface area contributed by atoms with Gasteiger partial charge in [0.2, 0.25) is 5.91 Å². The van der Waals surface area contributed by atoms with Crippen molar-refractivity contribution in [3.05, 3.63) is 24.4 Å². The Balaban J connectivity index is 1.87. The molecule has 1 aliphatic rings. The standard InChI is InChI=1S/C14H23N5O/c1-14(2,13(20)17-15)11-18-7-9-19(10-8-18)12-5-3-4-6-16-12/h3-6H,7-11,15H2,1-2H3,(H,17,20). The molecule has 0 saturated carbocycles. The molecule has 0 atom stereocenters. The number of piperazine rings is 1. The van der Waals surface area contributed by atoms with Crippen LogP contribution in [0.5, 0.6) is 0 Å². The minimum absolute atomic E-state index is 0.121.